The van der Waals surface area contributed by atoms with E-state index in [1.54, 1.807) is 6.07 Å². The van der Waals surface area contributed by atoms with Crippen LogP contribution >= 0.6 is 22.9 Å². The Labute approximate surface area is 306 Å². The van der Waals surface area contributed by atoms with Crippen molar-refractivity contribution >= 4 is 60.7 Å². The number of thiophene rings is 1. The van der Waals surface area contributed by atoms with Crippen LogP contribution in [0.25, 0.3) is 32.1 Å². The van der Waals surface area contributed by atoms with Gasteiger partial charge in [0.15, 0.2) is 5.82 Å². The molecule has 6 aliphatic rings. The molecule has 1 saturated carbocycles. The first-order valence-corrected chi connectivity index (χ1v) is 19.3. The Kier molecular flexibility index (Phi) is 7.43. The maximum absolute atomic E-state index is 17.2. The van der Waals surface area contributed by atoms with E-state index in [9.17, 15) is 18.8 Å². The summed E-state index contributed by atoms with van der Waals surface area (Å²) in [6.07, 6.45) is 4.30. The molecule has 5 saturated heterocycles. The number of nitriles is 1. The molecule has 6 fully saturated rings. The van der Waals surface area contributed by atoms with Crippen LogP contribution in [-0.4, -0.2) is 94.8 Å². The lowest BCUT2D eigenvalue weighted by Crippen LogP contribution is -2.43. The summed E-state index contributed by atoms with van der Waals surface area (Å²) >= 11 is 7.86. The average molecular weight is 749 g/mol. The van der Waals surface area contributed by atoms with Gasteiger partial charge in [0.2, 0.25) is 5.91 Å². The molecule has 52 heavy (non-hydrogen) atoms. The molecule has 2 aromatic carbocycles. The van der Waals surface area contributed by atoms with Crippen molar-refractivity contribution in [3.8, 4) is 23.2 Å². The second-order valence-electron chi connectivity index (χ2n) is 15.4. The van der Waals surface area contributed by atoms with Gasteiger partial charge in [0.05, 0.1) is 26.9 Å². The predicted octanol–water partition coefficient (Wildman–Crippen LogP) is 5.64. The second kappa shape index (κ2) is 11.8. The summed E-state index contributed by atoms with van der Waals surface area (Å²) < 4.78 is 53.3. The number of ether oxygens (including phenoxy) is 1. The molecular weight excluding hydrogens is 713 g/mol. The lowest BCUT2D eigenvalue weighted by molar-refractivity contribution is -0.129. The highest BCUT2D eigenvalue weighted by Crippen LogP contribution is 2.48. The van der Waals surface area contributed by atoms with E-state index in [4.69, 9.17) is 27.1 Å². The molecule has 3 N–H and O–H groups in total. The number of nitrogens with two attached hydrogens (primary N) is 1. The van der Waals surface area contributed by atoms with Crippen molar-refractivity contribution < 1.29 is 22.7 Å². The van der Waals surface area contributed by atoms with Gasteiger partial charge in [-0.1, -0.05) is 17.7 Å². The topological polar surface area (TPSA) is 134 Å². The van der Waals surface area contributed by atoms with Crippen molar-refractivity contribution in [2.45, 2.75) is 68.4 Å². The first kappa shape index (κ1) is 32.7. The Hall–Kier alpha value is -3.90. The van der Waals surface area contributed by atoms with Crippen molar-refractivity contribution in [2.24, 2.45) is 11.8 Å². The highest BCUT2D eigenvalue weighted by molar-refractivity contribution is 7.23. The minimum absolute atomic E-state index is 0.0374. The van der Waals surface area contributed by atoms with E-state index >= 15 is 4.39 Å². The quantitative estimate of drug-likeness (QED) is 0.231. The molecule has 15 heteroatoms. The lowest BCUT2D eigenvalue weighted by Gasteiger charge is -2.31. The number of benzene rings is 2. The largest absolute Gasteiger partial charge is 0.461 e. The predicted molar refractivity (Wildman–Crippen MR) is 192 cm³/mol. The van der Waals surface area contributed by atoms with E-state index < -0.39 is 23.3 Å². The number of nitrogens with one attached hydrogen (secondary N) is 1. The van der Waals surface area contributed by atoms with E-state index in [0.717, 1.165) is 37.1 Å². The van der Waals surface area contributed by atoms with Crippen molar-refractivity contribution in [2.75, 3.05) is 50.0 Å². The number of halogens is 4. The summed E-state index contributed by atoms with van der Waals surface area (Å²) in [6.45, 7) is 3.11. The number of hydrogen-bond donors (Lipinski definition) is 2. The van der Waals surface area contributed by atoms with Gasteiger partial charge in [-0.3, -0.25) is 15.0 Å². The molecule has 10 nitrogen and oxygen atoms in total. The van der Waals surface area contributed by atoms with E-state index in [1.165, 1.54) is 25.0 Å². The zero-order chi connectivity index (χ0) is 35.6. The standard InChI is InChI=1S/C37H36ClF3N8O2S/c38-23-10-21-30(28(41)27(23)20-4-5-24(40)32-26(20)22(12-42)33(43)52-32)45-36(51-16-37-7-1-8-48(37)14-19(39)11-37)46-34(21)49-9-6-18-13-47(15-25(18)49)35(50)31-29(44-31)17-2-3-17/h4-5,10,17-19,25,29,31,44H,1-3,6-9,11,13-16,43H2/t18?,19-,25?,29+,31-,37+/m1/s1. The molecule has 1 amide bonds. The number of fused-ring (bicyclic) bond motifs is 4. The van der Waals surface area contributed by atoms with Crippen LogP contribution in [0.15, 0.2) is 18.2 Å². The number of nitrogen functional groups attached to an aromatic ring is 1. The minimum atomic E-state index is -0.948. The van der Waals surface area contributed by atoms with Gasteiger partial charge in [0.1, 0.15) is 47.0 Å². The Morgan fingerprint density at radius 3 is 2.83 bits per heavy atom. The number of carbonyl (C=O) groups excluding carboxylic acids is 1. The Morgan fingerprint density at radius 2 is 2.02 bits per heavy atom. The molecule has 270 valence electrons. The zero-order valence-corrected chi connectivity index (χ0v) is 29.8. The molecule has 4 aromatic rings. The molecule has 10 rings (SSSR count). The van der Waals surface area contributed by atoms with Crippen LogP contribution in [0.3, 0.4) is 0 Å². The van der Waals surface area contributed by atoms with Crippen LogP contribution < -0.4 is 20.7 Å². The summed E-state index contributed by atoms with van der Waals surface area (Å²) in [5.41, 5.74) is 5.81. The second-order valence-corrected chi connectivity index (χ2v) is 16.9. The third kappa shape index (κ3) is 4.99. The van der Waals surface area contributed by atoms with Crippen molar-refractivity contribution in [1.82, 2.24) is 25.1 Å². The summed E-state index contributed by atoms with van der Waals surface area (Å²) in [6, 6.07) is 6.36. The number of amides is 1. The highest BCUT2D eigenvalue weighted by Gasteiger charge is 2.54. The molecule has 5 aliphatic heterocycles. The number of aromatic nitrogens is 2. The zero-order valence-electron chi connectivity index (χ0n) is 28.2. The molecule has 2 aromatic heterocycles. The van der Waals surface area contributed by atoms with Crippen LogP contribution in [0.4, 0.5) is 24.0 Å². The summed E-state index contributed by atoms with van der Waals surface area (Å²) in [5.74, 6) is 0.0579. The Bertz CT molecular complexity index is 2230. The number of rotatable bonds is 7. The molecule has 7 heterocycles. The number of hydrogen-bond acceptors (Lipinski definition) is 10. The minimum Gasteiger partial charge on any atom is -0.461 e. The maximum atomic E-state index is 17.2. The van der Waals surface area contributed by atoms with Crippen LogP contribution in [0.5, 0.6) is 6.01 Å². The van der Waals surface area contributed by atoms with Crippen LogP contribution in [-0.2, 0) is 4.79 Å². The smallest absolute Gasteiger partial charge is 0.319 e. The van der Waals surface area contributed by atoms with Gasteiger partial charge in [0.25, 0.3) is 0 Å². The van der Waals surface area contributed by atoms with Gasteiger partial charge in [-0.25, -0.2) is 13.2 Å². The third-order valence-corrected chi connectivity index (χ3v) is 13.7. The number of anilines is 2. The first-order chi connectivity index (χ1) is 25.1. The normalized spacial score (nSPS) is 29.6. The fourth-order valence-corrected chi connectivity index (χ4v) is 10.9. The molecule has 0 spiro atoms. The molecule has 2 unspecified atom stereocenters. The van der Waals surface area contributed by atoms with Crippen LogP contribution in [0.1, 0.15) is 44.1 Å². The van der Waals surface area contributed by atoms with Gasteiger partial charge < -0.3 is 20.3 Å². The fraction of sp³-hybridized carbons (Fsp3) is 0.514. The summed E-state index contributed by atoms with van der Waals surface area (Å²) in [7, 11) is 0. The monoisotopic (exact) mass is 748 g/mol. The van der Waals surface area contributed by atoms with E-state index in [0.29, 0.717) is 49.7 Å². The third-order valence-electron chi connectivity index (χ3n) is 12.4. The number of carbonyl (C=O) groups is 1. The summed E-state index contributed by atoms with van der Waals surface area (Å²) in [5, 5.41) is 14.0. The van der Waals surface area contributed by atoms with Crippen molar-refractivity contribution in [1.29, 1.82) is 5.26 Å². The van der Waals surface area contributed by atoms with Crippen molar-refractivity contribution in [3.63, 3.8) is 0 Å². The SMILES string of the molecule is N#Cc1c(N)sc2c(F)ccc(-c3c(Cl)cc4c(N5CCC6CN(C(=O)[C@@H]7N[C@H]7C7CC7)CC65)nc(OC[C@@]56CCCN5C[C@H](F)C6)nc4c3F)c12. The molecule has 0 bridgehead atoms. The van der Waals surface area contributed by atoms with Gasteiger partial charge in [-0.2, -0.15) is 15.2 Å². The highest BCUT2D eigenvalue weighted by atomic mass is 35.5. The molecule has 1 aliphatic carbocycles. The Balaban J connectivity index is 1.07. The summed E-state index contributed by atoms with van der Waals surface area (Å²) in [4.78, 5) is 29.2. The average Bonchev–Trinajstić information content (AvgIpc) is 3.90. The van der Waals surface area contributed by atoms with Crippen LogP contribution in [0.2, 0.25) is 5.02 Å². The Morgan fingerprint density at radius 1 is 1.17 bits per heavy atom. The number of nitrogens with zero attached hydrogens (tertiary/aromatic N) is 6. The van der Waals surface area contributed by atoms with E-state index in [1.807, 2.05) is 11.0 Å². The van der Waals surface area contributed by atoms with E-state index in [-0.39, 0.29) is 84.9 Å². The fourth-order valence-electron chi connectivity index (χ4n) is 9.69. The maximum Gasteiger partial charge on any atom is 0.319 e. The molecular formula is C37H36ClF3N8O2S. The number of alkyl halides is 1. The first-order valence-electron chi connectivity index (χ1n) is 18.1. The number of likely N-dealkylation sites (tertiary alicyclic amines) is 1. The van der Waals surface area contributed by atoms with Gasteiger partial charge in [-0.05, 0) is 62.3 Å². The van der Waals surface area contributed by atoms with Crippen molar-refractivity contribution in [3.05, 3.63) is 40.4 Å². The van der Waals surface area contributed by atoms with Gasteiger partial charge in [0, 0.05) is 60.9 Å². The molecule has 6 atom stereocenters. The van der Waals surface area contributed by atoms with Crippen LogP contribution in [0, 0.1) is 34.8 Å². The lowest BCUT2D eigenvalue weighted by atomic mass is 9.95. The van der Waals surface area contributed by atoms with Gasteiger partial charge in [-0.15, -0.1) is 11.3 Å². The van der Waals surface area contributed by atoms with E-state index in [2.05, 4.69) is 20.1 Å². The molecule has 0 radical (unpaired) electrons. The van der Waals surface area contributed by atoms with Gasteiger partial charge >= 0.3 is 6.01 Å².